The molecule has 1 aromatic rings. The van der Waals surface area contributed by atoms with Gasteiger partial charge in [0.25, 0.3) is 5.91 Å². The third-order valence-corrected chi connectivity index (χ3v) is 3.70. The number of likely N-dealkylation sites (N-methyl/N-ethyl adjacent to an activating group) is 1. The number of benzene rings is 1. The first kappa shape index (κ1) is 13.9. The molecule has 1 amide bonds. The fraction of sp³-hybridized carbons (Fsp3) is 0.533. The molecule has 0 heterocycles. The monoisotopic (exact) mass is 262 g/mol. The van der Waals surface area contributed by atoms with Gasteiger partial charge in [-0.2, -0.15) is 0 Å². The van der Waals surface area contributed by atoms with E-state index >= 15 is 0 Å². The summed E-state index contributed by atoms with van der Waals surface area (Å²) < 4.78 is 0. The summed E-state index contributed by atoms with van der Waals surface area (Å²) in [4.78, 5) is 14.4. The van der Waals surface area contributed by atoms with Crippen molar-refractivity contribution in [3.05, 3.63) is 29.3 Å². The lowest BCUT2D eigenvalue weighted by Gasteiger charge is -2.19. The SMILES string of the molecule is CCN(CCNC(=O)c1cccc(O)c1C)C1CC1. The van der Waals surface area contributed by atoms with Crippen LogP contribution in [0, 0.1) is 6.92 Å². The minimum Gasteiger partial charge on any atom is -0.508 e. The van der Waals surface area contributed by atoms with E-state index in [1.165, 1.54) is 12.8 Å². The largest absolute Gasteiger partial charge is 0.508 e. The van der Waals surface area contributed by atoms with Gasteiger partial charge >= 0.3 is 0 Å². The average Bonchev–Trinajstić information content (AvgIpc) is 3.22. The molecule has 4 heteroatoms. The van der Waals surface area contributed by atoms with Gasteiger partial charge in [0.15, 0.2) is 0 Å². The van der Waals surface area contributed by atoms with Crippen LogP contribution in [-0.4, -0.2) is 41.6 Å². The summed E-state index contributed by atoms with van der Waals surface area (Å²) in [5, 5.41) is 12.5. The van der Waals surface area contributed by atoms with Crippen LogP contribution < -0.4 is 5.32 Å². The lowest BCUT2D eigenvalue weighted by molar-refractivity contribution is 0.0947. The maximum Gasteiger partial charge on any atom is 0.251 e. The molecule has 1 aliphatic carbocycles. The number of hydrogen-bond donors (Lipinski definition) is 2. The van der Waals surface area contributed by atoms with Gasteiger partial charge < -0.3 is 10.4 Å². The Hall–Kier alpha value is -1.55. The van der Waals surface area contributed by atoms with E-state index in [0.29, 0.717) is 17.7 Å². The first-order valence-electron chi connectivity index (χ1n) is 6.94. The highest BCUT2D eigenvalue weighted by Crippen LogP contribution is 2.25. The highest BCUT2D eigenvalue weighted by Gasteiger charge is 2.27. The Morgan fingerprint density at radius 2 is 2.21 bits per heavy atom. The summed E-state index contributed by atoms with van der Waals surface area (Å²) in [6, 6.07) is 5.75. The molecule has 1 aromatic carbocycles. The second-order valence-electron chi connectivity index (χ2n) is 5.07. The summed E-state index contributed by atoms with van der Waals surface area (Å²) in [6.45, 7) is 6.49. The van der Waals surface area contributed by atoms with Gasteiger partial charge in [-0.25, -0.2) is 0 Å². The molecule has 0 bridgehead atoms. The van der Waals surface area contributed by atoms with Crippen molar-refractivity contribution in [3.63, 3.8) is 0 Å². The second-order valence-corrected chi connectivity index (χ2v) is 5.07. The molecule has 0 spiro atoms. The van der Waals surface area contributed by atoms with Gasteiger partial charge in [-0.15, -0.1) is 0 Å². The van der Waals surface area contributed by atoms with Crippen molar-refractivity contribution >= 4 is 5.91 Å². The van der Waals surface area contributed by atoms with Crippen molar-refractivity contribution in [2.75, 3.05) is 19.6 Å². The van der Waals surface area contributed by atoms with E-state index < -0.39 is 0 Å². The predicted octanol–water partition coefficient (Wildman–Crippen LogP) is 1.91. The molecule has 1 aliphatic rings. The van der Waals surface area contributed by atoms with Crippen LogP contribution in [0.4, 0.5) is 0 Å². The van der Waals surface area contributed by atoms with Crippen molar-refractivity contribution in [2.45, 2.75) is 32.7 Å². The van der Waals surface area contributed by atoms with E-state index in [-0.39, 0.29) is 11.7 Å². The zero-order chi connectivity index (χ0) is 13.8. The molecule has 1 fully saturated rings. The predicted molar refractivity (Wildman–Crippen MR) is 75.4 cm³/mol. The highest BCUT2D eigenvalue weighted by atomic mass is 16.3. The maximum atomic E-state index is 12.0. The summed E-state index contributed by atoms with van der Waals surface area (Å²) >= 11 is 0. The number of carbonyl (C=O) groups is 1. The number of rotatable bonds is 6. The number of phenols is 1. The van der Waals surface area contributed by atoms with Crippen LogP contribution in [0.15, 0.2) is 18.2 Å². The van der Waals surface area contributed by atoms with Crippen molar-refractivity contribution in [3.8, 4) is 5.75 Å². The third-order valence-electron chi connectivity index (χ3n) is 3.70. The molecule has 0 aliphatic heterocycles. The first-order valence-corrected chi connectivity index (χ1v) is 6.94. The van der Waals surface area contributed by atoms with Crippen LogP contribution in [0.5, 0.6) is 5.75 Å². The fourth-order valence-corrected chi connectivity index (χ4v) is 2.32. The quantitative estimate of drug-likeness (QED) is 0.823. The molecule has 4 nitrogen and oxygen atoms in total. The fourth-order valence-electron chi connectivity index (χ4n) is 2.32. The van der Waals surface area contributed by atoms with Crippen molar-refractivity contribution in [1.82, 2.24) is 10.2 Å². The lowest BCUT2D eigenvalue weighted by Crippen LogP contribution is -2.36. The number of amides is 1. The topological polar surface area (TPSA) is 52.6 Å². The molecule has 0 atom stereocenters. The molecule has 19 heavy (non-hydrogen) atoms. The Bertz CT molecular complexity index is 455. The van der Waals surface area contributed by atoms with Gasteiger partial charge in [0, 0.05) is 30.3 Å². The summed E-state index contributed by atoms with van der Waals surface area (Å²) in [6.07, 6.45) is 2.57. The number of carbonyl (C=O) groups excluding carboxylic acids is 1. The standard InChI is InChI=1S/C15H22N2O2/c1-3-17(12-7-8-12)10-9-16-15(19)13-5-4-6-14(18)11(13)2/h4-6,12,18H,3,7-10H2,1-2H3,(H,16,19). The molecule has 0 saturated heterocycles. The van der Waals surface area contributed by atoms with E-state index in [2.05, 4.69) is 17.1 Å². The number of phenolic OH excluding ortho intramolecular Hbond substituents is 1. The molecular formula is C15H22N2O2. The summed E-state index contributed by atoms with van der Waals surface area (Å²) in [7, 11) is 0. The van der Waals surface area contributed by atoms with Gasteiger partial charge in [-0.3, -0.25) is 9.69 Å². The lowest BCUT2D eigenvalue weighted by atomic mass is 10.1. The van der Waals surface area contributed by atoms with Crippen LogP contribution in [-0.2, 0) is 0 Å². The van der Waals surface area contributed by atoms with Gasteiger partial charge in [-0.05, 0) is 38.4 Å². The molecule has 1 saturated carbocycles. The van der Waals surface area contributed by atoms with Crippen molar-refractivity contribution < 1.29 is 9.90 Å². The molecule has 0 aromatic heterocycles. The Kier molecular flexibility index (Phi) is 4.43. The van der Waals surface area contributed by atoms with E-state index in [1.807, 2.05) is 0 Å². The minimum absolute atomic E-state index is 0.111. The zero-order valence-electron chi connectivity index (χ0n) is 11.6. The molecule has 0 radical (unpaired) electrons. The van der Waals surface area contributed by atoms with Crippen LogP contribution >= 0.6 is 0 Å². The number of aromatic hydroxyl groups is 1. The van der Waals surface area contributed by atoms with Gasteiger partial charge in [0.1, 0.15) is 5.75 Å². The highest BCUT2D eigenvalue weighted by molar-refractivity contribution is 5.96. The molecule has 0 unspecified atom stereocenters. The average molecular weight is 262 g/mol. The maximum absolute atomic E-state index is 12.0. The van der Waals surface area contributed by atoms with Crippen LogP contribution in [0.25, 0.3) is 0 Å². The number of hydrogen-bond acceptors (Lipinski definition) is 3. The molecular weight excluding hydrogens is 240 g/mol. The van der Waals surface area contributed by atoms with Crippen LogP contribution in [0.1, 0.15) is 35.7 Å². The zero-order valence-corrected chi connectivity index (χ0v) is 11.6. The number of nitrogens with one attached hydrogen (secondary N) is 1. The summed E-state index contributed by atoms with van der Waals surface area (Å²) in [5.74, 6) is 0.0565. The van der Waals surface area contributed by atoms with Gasteiger partial charge in [-0.1, -0.05) is 13.0 Å². The van der Waals surface area contributed by atoms with E-state index in [9.17, 15) is 9.90 Å². The normalized spacial score (nSPS) is 14.7. The third kappa shape index (κ3) is 3.47. The van der Waals surface area contributed by atoms with Gasteiger partial charge in [0.05, 0.1) is 0 Å². The van der Waals surface area contributed by atoms with E-state index in [0.717, 1.165) is 19.1 Å². The first-order chi connectivity index (χ1) is 9.13. The summed E-state index contributed by atoms with van der Waals surface area (Å²) in [5.41, 5.74) is 1.18. The molecule has 104 valence electrons. The molecule has 2 rings (SSSR count). The van der Waals surface area contributed by atoms with Crippen molar-refractivity contribution in [1.29, 1.82) is 0 Å². The van der Waals surface area contributed by atoms with Crippen molar-refractivity contribution in [2.24, 2.45) is 0 Å². The Morgan fingerprint density at radius 3 is 2.84 bits per heavy atom. The second kappa shape index (κ2) is 6.06. The van der Waals surface area contributed by atoms with Crippen LogP contribution in [0.2, 0.25) is 0 Å². The molecule has 2 N–H and O–H groups in total. The Morgan fingerprint density at radius 1 is 1.47 bits per heavy atom. The smallest absolute Gasteiger partial charge is 0.251 e. The van der Waals surface area contributed by atoms with E-state index in [4.69, 9.17) is 0 Å². The van der Waals surface area contributed by atoms with Gasteiger partial charge in [0.2, 0.25) is 0 Å². The van der Waals surface area contributed by atoms with E-state index in [1.54, 1.807) is 25.1 Å². The Balaban J connectivity index is 1.85. The minimum atomic E-state index is -0.111. The van der Waals surface area contributed by atoms with Crippen LogP contribution in [0.3, 0.4) is 0 Å². The Labute approximate surface area is 114 Å². The number of nitrogens with zero attached hydrogens (tertiary/aromatic N) is 1.